The third kappa shape index (κ3) is 3.10. The first-order valence-corrected chi connectivity index (χ1v) is 5.53. The van der Waals surface area contributed by atoms with Crippen molar-refractivity contribution in [3.63, 3.8) is 0 Å². The molecule has 80 valence electrons. The number of nitrogens with one attached hydrogen (secondary N) is 1. The molecule has 0 aromatic rings. The summed E-state index contributed by atoms with van der Waals surface area (Å²) in [5.74, 6) is -0.137. The number of hydrogen-bond donors (Lipinski definition) is 2. The van der Waals surface area contributed by atoms with Crippen LogP contribution in [0.5, 0.6) is 0 Å². The second kappa shape index (κ2) is 5.09. The van der Waals surface area contributed by atoms with E-state index in [1.54, 1.807) is 11.8 Å². The minimum absolute atomic E-state index is 0.0476. The van der Waals surface area contributed by atoms with E-state index in [2.05, 4.69) is 5.32 Å². The summed E-state index contributed by atoms with van der Waals surface area (Å²) in [7, 11) is 0. The Balaban J connectivity index is 2.15. The van der Waals surface area contributed by atoms with Crippen LogP contribution < -0.4 is 5.32 Å². The molecule has 1 rings (SSSR count). The molecule has 0 radical (unpaired) electrons. The molecule has 1 fully saturated rings. The van der Waals surface area contributed by atoms with Crippen molar-refractivity contribution in [2.75, 3.05) is 25.4 Å². The van der Waals surface area contributed by atoms with E-state index in [1.165, 1.54) is 11.8 Å². The Morgan fingerprint density at radius 2 is 2.50 bits per heavy atom. The Hall–Kier alpha value is -0.910. The van der Waals surface area contributed by atoms with Crippen LogP contribution in [-0.2, 0) is 4.79 Å². The zero-order chi connectivity index (χ0) is 10.6. The molecule has 1 heterocycles. The van der Waals surface area contributed by atoms with Crippen LogP contribution in [0, 0.1) is 0 Å². The topological polar surface area (TPSA) is 69.6 Å². The van der Waals surface area contributed by atoms with Gasteiger partial charge in [-0.05, 0) is 6.92 Å². The van der Waals surface area contributed by atoms with Crippen LogP contribution in [0.4, 0.5) is 4.79 Å². The fraction of sp³-hybridized carbons (Fsp3) is 0.750. The van der Waals surface area contributed by atoms with Crippen LogP contribution in [0.1, 0.15) is 6.92 Å². The Labute approximate surface area is 86.8 Å². The van der Waals surface area contributed by atoms with Gasteiger partial charge in [-0.2, -0.15) is 0 Å². The Morgan fingerprint density at radius 1 is 1.79 bits per heavy atom. The lowest BCUT2D eigenvalue weighted by atomic mass is 10.5. The molecule has 2 amide bonds. The molecule has 1 unspecified atom stereocenters. The van der Waals surface area contributed by atoms with Crippen LogP contribution >= 0.6 is 11.8 Å². The largest absolute Gasteiger partial charge is 0.480 e. The van der Waals surface area contributed by atoms with Gasteiger partial charge in [0.1, 0.15) is 0 Å². The zero-order valence-corrected chi connectivity index (χ0v) is 8.84. The lowest BCUT2D eigenvalue weighted by Crippen LogP contribution is -2.30. The summed E-state index contributed by atoms with van der Waals surface area (Å²) in [6, 6.07) is -0.0476. The Kier molecular flexibility index (Phi) is 4.06. The molecule has 1 aliphatic heterocycles. The molecule has 0 spiro atoms. The van der Waals surface area contributed by atoms with Gasteiger partial charge in [0.05, 0.1) is 5.25 Å². The van der Waals surface area contributed by atoms with E-state index >= 15 is 0 Å². The highest BCUT2D eigenvalue weighted by Gasteiger charge is 2.19. The van der Waals surface area contributed by atoms with E-state index < -0.39 is 11.2 Å². The molecular formula is C8H14N2O3S. The summed E-state index contributed by atoms with van der Waals surface area (Å²) in [6.45, 7) is 3.68. The number of carbonyl (C=O) groups is 2. The number of thioether (sulfide) groups is 1. The summed E-state index contributed by atoms with van der Waals surface area (Å²) in [5, 5.41) is 10.9. The fourth-order valence-corrected chi connectivity index (χ4v) is 1.96. The summed E-state index contributed by atoms with van der Waals surface area (Å²) in [6.07, 6.45) is 0. The number of carboxylic acids is 1. The summed E-state index contributed by atoms with van der Waals surface area (Å²) < 4.78 is 0. The van der Waals surface area contributed by atoms with Crippen LogP contribution in [-0.4, -0.2) is 52.6 Å². The maximum Gasteiger partial charge on any atom is 0.317 e. The maximum atomic E-state index is 11.1. The van der Waals surface area contributed by atoms with Gasteiger partial charge in [-0.3, -0.25) is 4.79 Å². The number of rotatable bonds is 5. The monoisotopic (exact) mass is 218 g/mol. The van der Waals surface area contributed by atoms with Crippen molar-refractivity contribution in [2.45, 2.75) is 12.2 Å². The molecule has 0 aliphatic carbocycles. The number of aliphatic carboxylic acids is 1. The molecule has 0 saturated carbocycles. The second-order valence-corrected chi connectivity index (χ2v) is 4.52. The number of carboxylic acid groups (broad SMARTS) is 1. The summed E-state index contributed by atoms with van der Waals surface area (Å²) in [5.41, 5.74) is 0. The standard InChI is InChI=1S/C8H14N2O3S/c1-6(7(11)12)14-5-4-10-3-2-9-8(10)13/h6H,2-5H2,1H3,(H,9,13)(H,11,12). The summed E-state index contributed by atoms with van der Waals surface area (Å²) in [4.78, 5) is 23.2. The average molecular weight is 218 g/mol. The molecule has 0 bridgehead atoms. The van der Waals surface area contributed by atoms with Gasteiger partial charge in [0.15, 0.2) is 0 Å². The number of carbonyl (C=O) groups excluding carboxylic acids is 1. The lowest BCUT2D eigenvalue weighted by Gasteiger charge is -2.14. The van der Waals surface area contributed by atoms with Gasteiger partial charge in [0, 0.05) is 25.4 Å². The SMILES string of the molecule is CC(SCCN1CCNC1=O)C(=O)O. The van der Waals surface area contributed by atoms with E-state index in [-0.39, 0.29) is 6.03 Å². The molecule has 6 heteroatoms. The van der Waals surface area contributed by atoms with Crippen LogP contribution in [0.25, 0.3) is 0 Å². The molecular weight excluding hydrogens is 204 g/mol. The van der Waals surface area contributed by atoms with E-state index in [0.29, 0.717) is 18.8 Å². The van der Waals surface area contributed by atoms with Crippen molar-refractivity contribution in [1.82, 2.24) is 10.2 Å². The lowest BCUT2D eigenvalue weighted by molar-refractivity contribution is -0.136. The molecule has 0 aromatic carbocycles. The predicted octanol–water partition coefficient (Wildman–Crippen LogP) is 0.218. The molecule has 5 nitrogen and oxygen atoms in total. The highest BCUT2D eigenvalue weighted by atomic mass is 32.2. The van der Waals surface area contributed by atoms with Crippen molar-refractivity contribution in [2.24, 2.45) is 0 Å². The number of hydrogen-bond acceptors (Lipinski definition) is 3. The molecule has 2 N–H and O–H groups in total. The third-order valence-corrected chi connectivity index (χ3v) is 3.14. The average Bonchev–Trinajstić information content (AvgIpc) is 2.51. The number of nitrogens with zero attached hydrogens (tertiary/aromatic N) is 1. The van der Waals surface area contributed by atoms with Crippen molar-refractivity contribution >= 4 is 23.8 Å². The fourth-order valence-electron chi connectivity index (χ4n) is 1.14. The third-order valence-electron chi connectivity index (χ3n) is 2.02. The van der Waals surface area contributed by atoms with Gasteiger partial charge in [-0.25, -0.2) is 4.79 Å². The Morgan fingerprint density at radius 3 is 3.00 bits per heavy atom. The molecule has 1 atom stereocenters. The van der Waals surface area contributed by atoms with Gasteiger partial charge >= 0.3 is 12.0 Å². The Bertz CT molecular complexity index is 235. The van der Waals surface area contributed by atoms with E-state index in [1.807, 2.05) is 0 Å². The zero-order valence-electron chi connectivity index (χ0n) is 8.02. The molecule has 0 aromatic heterocycles. The van der Waals surface area contributed by atoms with E-state index in [4.69, 9.17) is 5.11 Å². The quantitative estimate of drug-likeness (QED) is 0.692. The van der Waals surface area contributed by atoms with Crippen molar-refractivity contribution in [1.29, 1.82) is 0 Å². The van der Waals surface area contributed by atoms with Crippen molar-refractivity contribution in [3.05, 3.63) is 0 Å². The van der Waals surface area contributed by atoms with Gasteiger partial charge < -0.3 is 15.3 Å². The number of amides is 2. The van der Waals surface area contributed by atoms with Gasteiger partial charge in [0.2, 0.25) is 0 Å². The van der Waals surface area contributed by atoms with Gasteiger partial charge in [-0.1, -0.05) is 0 Å². The van der Waals surface area contributed by atoms with Gasteiger partial charge in [0.25, 0.3) is 0 Å². The summed E-state index contributed by atoms with van der Waals surface area (Å²) >= 11 is 1.35. The molecule has 1 saturated heterocycles. The van der Waals surface area contributed by atoms with E-state index in [0.717, 1.165) is 6.54 Å². The van der Waals surface area contributed by atoms with Gasteiger partial charge in [-0.15, -0.1) is 11.8 Å². The van der Waals surface area contributed by atoms with Crippen LogP contribution in [0.15, 0.2) is 0 Å². The molecule has 1 aliphatic rings. The van der Waals surface area contributed by atoms with Crippen molar-refractivity contribution in [3.8, 4) is 0 Å². The highest BCUT2D eigenvalue weighted by molar-refractivity contribution is 8.00. The first-order chi connectivity index (χ1) is 6.61. The normalized spacial score (nSPS) is 18.1. The first kappa shape index (κ1) is 11.2. The van der Waals surface area contributed by atoms with Crippen LogP contribution in [0.2, 0.25) is 0 Å². The first-order valence-electron chi connectivity index (χ1n) is 4.48. The van der Waals surface area contributed by atoms with Crippen LogP contribution in [0.3, 0.4) is 0 Å². The minimum Gasteiger partial charge on any atom is -0.480 e. The smallest absolute Gasteiger partial charge is 0.317 e. The number of urea groups is 1. The maximum absolute atomic E-state index is 11.1. The predicted molar refractivity (Wildman–Crippen MR) is 54.5 cm³/mol. The highest BCUT2D eigenvalue weighted by Crippen LogP contribution is 2.11. The van der Waals surface area contributed by atoms with Crippen molar-refractivity contribution < 1.29 is 14.7 Å². The molecule has 14 heavy (non-hydrogen) atoms. The second-order valence-electron chi connectivity index (χ2n) is 3.07. The minimum atomic E-state index is -0.805. The van der Waals surface area contributed by atoms with E-state index in [9.17, 15) is 9.59 Å².